The molecule has 0 spiro atoms. The molecule has 144 valence electrons. The summed E-state index contributed by atoms with van der Waals surface area (Å²) in [6.07, 6.45) is 0. The largest absolute Gasteiger partial charge is 0.493 e. The number of thiazole rings is 1. The number of fused-ring (bicyclic) bond motifs is 1. The number of ether oxygens (including phenoxy) is 4. The molecule has 0 radical (unpaired) electrons. The normalized spacial score (nSPS) is 11.8. The molecule has 0 unspecified atom stereocenters. The minimum atomic E-state index is -0.396. The van der Waals surface area contributed by atoms with Gasteiger partial charge in [-0.3, -0.25) is 5.32 Å². The highest BCUT2D eigenvalue weighted by Crippen LogP contribution is 2.35. The van der Waals surface area contributed by atoms with E-state index in [9.17, 15) is 4.79 Å². The Labute approximate surface area is 165 Å². The van der Waals surface area contributed by atoms with Gasteiger partial charge in [-0.15, -0.1) is 11.3 Å². The lowest BCUT2D eigenvalue weighted by Crippen LogP contribution is -2.19. The van der Waals surface area contributed by atoms with Gasteiger partial charge in [0.05, 0.1) is 19.9 Å². The van der Waals surface area contributed by atoms with Crippen LogP contribution in [0.5, 0.6) is 23.0 Å². The fourth-order valence-electron chi connectivity index (χ4n) is 2.69. The van der Waals surface area contributed by atoms with E-state index in [1.165, 1.54) is 11.3 Å². The minimum Gasteiger partial charge on any atom is -0.493 e. The molecule has 28 heavy (non-hydrogen) atoms. The Bertz CT molecular complexity index is 1020. The van der Waals surface area contributed by atoms with Gasteiger partial charge in [-0.25, -0.2) is 9.78 Å². The molecule has 3 aromatic rings. The van der Waals surface area contributed by atoms with Gasteiger partial charge in [-0.2, -0.15) is 0 Å². The summed E-state index contributed by atoms with van der Waals surface area (Å²) < 4.78 is 21.1. The first-order valence-electron chi connectivity index (χ1n) is 8.32. The number of urea groups is 1. The summed E-state index contributed by atoms with van der Waals surface area (Å²) in [5, 5.41) is 7.81. The average Bonchev–Trinajstić information content (AvgIpc) is 3.36. The van der Waals surface area contributed by atoms with Crippen LogP contribution in [-0.4, -0.2) is 32.0 Å². The number of methoxy groups -OCH3 is 2. The van der Waals surface area contributed by atoms with Crippen molar-refractivity contribution in [2.24, 2.45) is 0 Å². The molecule has 0 saturated heterocycles. The number of anilines is 2. The summed E-state index contributed by atoms with van der Waals surface area (Å²) in [4.78, 5) is 16.7. The molecule has 0 atom stereocenters. The van der Waals surface area contributed by atoms with Crippen molar-refractivity contribution in [3.05, 3.63) is 41.8 Å². The maximum absolute atomic E-state index is 12.2. The highest BCUT2D eigenvalue weighted by atomic mass is 32.1. The SMILES string of the molecule is COc1ccc(-c2csc(NC(=O)Nc3ccc4c(c3)OCO4)n2)cc1OC. The topological polar surface area (TPSA) is 90.9 Å². The maximum Gasteiger partial charge on any atom is 0.325 e. The molecule has 2 aromatic carbocycles. The first kappa shape index (κ1) is 17.9. The molecule has 0 saturated carbocycles. The highest BCUT2D eigenvalue weighted by Gasteiger charge is 2.15. The third-order valence-corrected chi connectivity index (χ3v) is 4.79. The van der Waals surface area contributed by atoms with Crippen LogP contribution in [0.2, 0.25) is 0 Å². The van der Waals surface area contributed by atoms with Crippen LogP contribution < -0.4 is 29.6 Å². The van der Waals surface area contributed by atoms with Crippen LogP contribution in [0.25, 0.3) is 11.3 Å². The van der Waals surface area contributed by atoms with Crippen molar-refractivity contribution < 1.29 is 23.7 Å². The number of amides is 2. The van der Waals surface area contributed by atoms with Gasteiger partial charge in [0, 0.05) is 22.7 Å². The molecule has 2 heterocycles. The smallest absolute Gasteiger partial charge is 0.325 e. The maximum atomic E-state index is 12.2. The predicted molar refractivity (Wildman–Crippen MR) is 106 cm³/mol. The Kier molecular flexibility index (Phi) is 4.90. The van der Waals surface area contributed by atoms with E-state index in [2.05, 4.69) is 15.6 Å². The molecular weight excluding hydrogens is 382 g/mol. The van der Waals surface area contributed by atoms with Crippen LogP contribution >= 0.6 is 11.3 Å². The van der Waals surface area contributed by atoms with Gasteiger partial charge in [0.15, 0.2) is 28.1 Å². The van der Waals surface area contributed by atoms with Crippen molar-refractivity contribution in [2.45, 2.75) is 0 Å². The molecular formula is C19H17N3O5S. The minimum absolute atomic E-state index is 0.184. The summed E-state index contributed by atoms with van der Waals surface area (Å²) in [5.41, 5.74) is 2.18. The van der Waals surface area contributed by atoms with Crippen LogP contribution in [0.15, 0.2) is 41.8 Å². The monoisotopic (exact) mass is 399 g/mol. The highest BCUT2D eigenvalue weighted by molar-refractivity contribution is 7.14. The molecule has 2 amide bonds. The standard InChI is InChI=1S/C19H17N3O5S/c1-24-14-5-3-11(7-16(14)25-2)13-9-28-19(21-13)22-18(23)20-12-4-6-15-17(8-12)27-10-26-15/h3-9H,10H2,1-2H3,(H2,20,21,22,23). The zero-order chi connectivity index (χ0) is 19.5. The second kappa shape index (κ2) is 7.65. The molecule has 1 aromatic heterocycles. The van der Waals surface area contributed by atoms with Crippen LogP contribution in [0.4, 0.5) is 15.6 Å². The Morgan fingerprint density at radius 2 is 1.86 bits per heavy atom. The van der Waals surface area contributed by atoms with E-state index in [-0.39, 0.29) is 6.79 Å². The van der Waals surface area contributed by atoms with Gasteiger partial charge in [-0.05, 0) is 30.3 Å². The van der Waals surface area contributed by atoms with Crippen molar-refractivity contribution in [1.29, 1.82) is 0 Å². The van der Waals surface area contributed by atoms with E-state index in [1.807, 2.05) is 23.6 Å². The Balaban J connectivity index is 1.44. The van der Waals surface area contributed by atoms with E-state index in [0.717, 1.165) is 11.3 Å². The summed E-state index contributed by atoms with van der Waals surface area (Å²) in [7, 11) is 3.16. The van der Waals surface area contributed by atoms with Crippen LogP contribution in [0, 0.1) is 0 Å². The zero-order valence-corrected chi connectivity index (χ0v) is 16.0. The van der Waals surface area contributed by atoms with E-state index >= 15 is 0 Å². The van der Waals surface area contributed by atoms with Crippen LogP contribution in [0.1, 0.15) is 0 Å². The Hall–Kier alpha value is -3.46. The van der Waals surface area contributed by atoms with Crippen molar-refractivity contribution in [3.63, 3.8) is 0 Å². The van der Waals surface area contributed by atoms with Crippen molar-refractivity contribution in [3.8, 4) is 34.3 Å². The molecule has 2 N–H and O–H groups in total. The van der Waals surface area contributed by atoms with Crippen molar-refractivity contribution in [2.75, 3.05) is 31.6 Å². The number of nitrogens with one attached hydrogen (secondary N) is 2. The molecule has 9 heteroatoms. The summed E-state index contributed by atoms with van der Waals surface area (Å²) >= 11 is 1.33. The predicted octanol–water partition coefficient (Wildman–Crippen LogP) is 4.20. The molecule has 1 aliphatic heterocycles. The molecule has 4 rings (SSSR count). The number of nitrogens with zero attached hydrogens (tertiary/aromatic N) is 1. The van der Waals surface area contributed by atoms with Gasteiger partial charge >= 0.3 is 6.03 Å². The number of aromatic nitrogens is 1. The molecule has 8 nitrogen and oxygen atoms in total. The Morgan fingerprint density at radius 1 is 1.04 bits per heavy atom. The van der Waals surface area contributed by atoms with Gasteiger partial charge in [0.2, 0.25) is 6.79 Å². The van der Waals surface area contributed by atoms with Crippen molar-refractivity contribution in [1.82, 2.24) is 4.98 Å². The lowest BCUT2D eigenvalue weighted by Gasteiger charge is -2.08. The lowest BCUT2D eigenvalue weighted by atomic mass is 10.1. The quantitative estimate of drug-likeness (QED) is 0.668. The molecule has 0 aliphatic carbocycles. The van der Waals surface area contributed by atoms with Gasteiger partial charge in [0.25, 0.3) is 0 Å². The lowest BCUT2D eigenvalue weighted by molar-refractivity contribution is 0.174. The van der Waals surface area contributed by atoms with E-state index in [0.29, 0.717) is 33.8 Å². The average molecular weight is 399 g/mol. The second-order valence-electron chi connectivity index (χ2n) is 5.75. The first-order chi connectivity index (χ1) is 13.7. The number of benzene rings is 2. The summed E-state index contributed by atoms with van der Waals surface area (Å²) in [6, 6.07) is 10.3. The van der Waals surface area contributed by atoms with Crippen LogP contribution in [0.3, 0.4) is 0 Å². The van der Waals surface area contributed by atoms with Gasteiger partial charge in [-0.1, -0.05) is 0 Å². The fraction of sp³-hybridized carbons (Fsp3) is 0.158. The fourth-order valence-corrected chi connectivity index (χ4v) is 3.41. The summed E-state index contributed by atoms with van der Waals surface area (Å²) in [6.45, 7) is 0.184. The van der Waals surface area contributed by atoms with E-state index in [4.69, 9.17) is 18.9 Å². The zero-order valence-electron chi connectivity index (χ0n) is 15.1. The molecule has 1 aliphatic rings. The molecule has 0 bridgehead atoms. The van der Waals surface area contributed by atoms with Crippen molar-refractivity contribution >= 4 is 28.2 Å². The third-order valence-electron chi connectivity index (χ3n) is 4.03. The van der Waals surface area contributed by atoms with Gasteiger partial charge in [0.1, 0.15) is 0 Å². The number of rotatable bonds is 5. The van der Waals surface area contributed by atoms with E-state index < -0.39 is 6.03 Å². The van der Waals surface area contributed by atoms with E-state index in [1.54, 1.807) is 32.4 Å². The number of carbonyl (C=O) groups excluding carboxylic acids is 1. The molecule has 0 fully saturated rings. The number of hydrogen-bond donors (Lipinski definition) is 2. The third kappa shape index (κ3) is 3.65. The first-order valence-corrected chi connectivity index (χ1v) is 9.20. The summed E-state index contributed by atoms with van der Waals surface area (Å²) in [5.74, 6) is 2.51. The number of carbonyl (C=O) groups is 1. The number of hydrogen-bond acceptors (Lipinski definition) is 7. The second-order valence-corrected chi connectivity index (χ2v) is 6.61. The van der Waals surface area contributed by atoms with Gasteiger partial charge < -0.3 is 24.3 Å². The van der Waals surface area contributed by atoms with Crippen LogP contribution in [-0.2, 0) is 0 Å². The Morgan fingerprint density at radius 3 is 2.68 bits per heavy atom.